The molecule has 2 fully saturated rings. The van der Waals surface area contributed by atoms with E-state index in [1.165, 1.54) is 17.0 Å². The highest BCUT2D eigenvalue weighted by atomic mass is 32.2. The minimum atomic E-state index is -0.411. The predicted octanol–water partition coefficient (Wildman–Crippen LogP) is 4.18. The van der Waals surface area contributed by atoms with Gasteiger partial charge in [0.05, 0.1) is 10.9 Å². The number of carbonyl (C=O) groups excluding carboxylic acids is 2. The number of likely N-dealkylation sites (tertiary alicyclic amines) is 1. The number of thiocarbonyl (C=S) groups is 1. The van der Waals surface area contributed by atoms with Crippen molar-refractivity contribution < 1.29 is 14.0 Å². The number of halogens is 1. The summed E-state index contributed by atoms with van der Waals surface area (Å²) in [7, 11) is 0. The maximum atomic E-state index is 13.9. The van der Waals surface area contributed by atoms with Crippen LogP contribution in [0.25, 0.3) is 6.08 Å². The number of hydrogen-bond acceptors (Lipinski definition) is 5. The third-order valence-electron chi connectivity index (χ3n) is 5.25. The third kappa shape index (κ3) is 4.29. The summed E-state index contributed by atoms with van der Waals surface area (Å²) in [5.74, 6) is -0.921. The van der Waals surface area contributed by atoms with Gasteiger partial charge in [-0.15, -0.1) is 0 Å². The summed E-state index contributed by atoms with van der Waals surface area (Å²) >= 11 is 6.43. The Balaban J connectivity index is 1.50. The van der Waals surface area contributed by atoms with Crippen LogP contribution in [0, 0.1) is 5.82 Å². The van der Waals surface area contributed by atoms with Gasteiger partial charge in [0.2, 0.25) is 5.91 Å². The van der Waals surface area contributed by atoms with Gasteiger partial charge in [-0.25, -0.2) is 4.39 Å². The van der Waals surface area contributed by atoms with Gasteiger partial charge in [-0.1, -0.05) is 48.2 Å². The molecule has 0 bridgehead atoms. The molecule has 154 valence electrons. The van der Waals surface area contributed by atoms with E-state index in [1.807, 2.05) is 17.0 Å². The number of nitrogens with zero attached hydrogens (tertiary/aromatic N) is 3. The van der Waals surface area contributed by atoms with E-state index in [1.54, 1.807) is 30.6 Å². The molecule has 1 aromatic carbocycles. The molecule has 3 heterocycles. The molecule has 5 nitrogen and oxygen atoms in total. The first-order chi connectivity index (χ1) is 14.5. The lowest BCUT2D eigenvalue weighted by molar-refractivity contribution is -0.138. The van der Waals surface area contributed by atoms with Crippen LogP contribution < -0.4 is 0 Å². The van der Waals surface area contributed by atoms with E-state index >= 15 is 0 Å². The quantitative estimate of drug-likeness (QED) is 0.526. The van der Waals surface area contributed by atoms with E-state index < -0.39 is 5.82 Å². The Morgan fingerprint density at radius 3 is 2.87 bits per heavy atom. The van der Waals surface area contributed by atoms with Crippen LogP contribution in [0.2, 0.25) is 0 Å². The summed E-state index contributed by atoms with van der Waals surface area (Å²) in [5, 5.41) is 0. The fourth-order valence-corrected chi connectivity index (χ4v) is 4.99. The summed E-state index contributed by atoms with van der Waals surface area (Å²) < 4.78 is 14.3. The molecule has 0 spiro atoms. The van der Waals surface area contributed by atoms with Crippen molar-refractivity contribution in [3.05, 3.63) is 70.6 Å². The molecule has 30 heavy (non-hydrogen) atoms. The first-order valence-corrected chi connectivity index (χ1v) is 11.0. The number of aromatic nitrogens is 1. The molecule has 4 rings (SSSR count). The van der Waals surface area contributed by atoms with E-state index in [4.69, 9.17) is 12.2 Å². The number of piperidine rings is 1. The Bertz CT molecular complexity index is 1010. The molecule has 1 unspecified atom stereocenters. The van der Waals surface area contributed by atoms with Gasteiger partial charge in [-0.3, -0.25) is 19.5 Å². The van der Waals surface area contributed by atoms with Crippen LogP contribution in [0.4, 0.5) is 4.39 Å². The minimum absolute atomic E-state index is 0.0488. The zero-order valence-electron chi connectivity index (χ0n) is 16.2. The molecule has 2 amide bonds. The van der Waals surface area contributed by atoms with Crippen LogP contribution >= 0.6 is 24.0 Å². The predicted molar refractivity (Wildman–Crippen MR) is 119 cm³/mol. The second kappa shape index (κ2) is 9.06. The number of rotatable bonds is 4. The molecule has 2 aliphatic heterocycles. The van der Waals surface area contributed by atoms with Crippen LogP contribution in [0.1, 0.15) is 36.4 Å². The lowest BCUT2D eigenvalue weighted by Crippen LogP contribution is -2.45. The zero-order chi connectivity index (χ0) is 21.1. The summed E-state index contributed by atoms with van der Waals surface area (Å²) in [4.78, 5) is 33.6. The first-order valence-electron chi connectivity index (χ1n) is 9.74. The van der Waals surface area contributed by atoms with Crippen molar-refractivity contribution in [1.29, 1.82) is 0 Å². The monoisotopic (exact) mass is 441 g/mol. The lowest BCUT2D eigenvalue weighted by Gasteiger charge is -2.36. The maximum Gasteiger partial charge on any atom is 0.266 e. The zero-order valence-corrected chi connectivity index (χ0v) is 17.8. The molecular weight excluding hydrogens is 421 g/mol. The van der Waals surface area contributed by atoms with Gasteiger partial charge < -0.3 is 4.90 Å². The fraction of sp³-hybridized carbons (Fsp3) is 0.273. The van der Waals surface area contributed by atoms with E-state index in [0.29, 0.717) is 21.3 Å². The molecular formula is C22H20FN3O2S2. The van der Waals surface area contributed by atoms with E-state index in [-0.39, 0.29) is 24.4 Å². The van der Waals surface area contributed by atoms with Crippen LogP contribution in [0.3, 0.4) is 0 Å². The van der Waals surface area contributed by atoms with Gasteiger partial charge in [0.25, 0.3) is 5.91 Å². The number of hydrogen-bond donors (Lipinski definition) is 0. The average molecular weight is 442 g/mol. The van der Waals surface area contributed by atoms with Crippen LogP contribution in [0.5, 0.6) is 0 Å². The van der Waals surface area contributed by atoms with Crippen LogP contribution in [-0.2, 0) is 9.59 Å². The van der Waals surface area contributed by atoms with Crippen molar-refractivity contribution in [2.45, 2.75) is 25.3 Å². The second-order valence-electron chi connectivity index (χ2n) is 7.17. The Labute approximate surface area is 184 Å². The molecule has 2 aliphatic rings. The maximum absolute atomic E-state index is 13.9. The van der Waals surface area contributed by atoms with Crippen molar-refractivity contribution >= 4 is 46.2 Å². The molecule has 1 atom stereocenters. The molecule has 1 aromatic heterocycles. The van der Waals surface area contributed by atoms with Gasteiger partial charge in [-0.2, -0.15) is 0 Å². The van der Waals surface area contributed by atoms with Gasteiger partial charge >= 0.3 is 0 Å². The Morgan fingerprint density at radius 2 is 2.10 bits per heavy atom. The lowest BCUT2D eigenvalue weighted by atomic mass is 9.96. The largest absolute Gasteiger partial charge is 0.334 e. The summed E-state index contributed by atoms with van der Waals surface area (Å²) in [6, 6.07) is 10.0. The number of amides is 2. The van der Waals surface area contributed by atoms with Crippen molar-refractivity contribution in [3.8, 4) is 0 Å². The number of carbonyl (C=O) groups is 2. The van der Waals surface area contributed by atoms with E-state index in [2.05, 4.69) is 4.98 Å². The van der Waals surface area contributed by atoms with Gasteiger partial charge in [-0.05, 0) is 43.0 Å². The van der Waals surface area contributed by atoms with Gasteiger partial charge in [0.1, 0.15) is 16.7 Å². The highest BCUT2D eigenvalue weighted by Crippen LogP contribution is 2.34. The SMILES string of the molecule is O=C1/C(=C\c2ccccc2F)SC(=S)N1CC(=O)N1CCCCC1c1cccnc1. The van der Waals surface area contributed by atoms with Crippen molar-refractivity contribution in [2.24, 2.45) is 0 Å². The van der Waals surface area contributed by atoms with Gasteiger partial charge in [0.15, 0.2) is 0 Å². The van der Waals surface area contributed by atoms with Crippen molar-refractivity contribution in [3.63, 3.8) is 0 Å². The Kier molecular flexibility index (Phi) is 6.24. The third-order valence-corrected chi connectivity index (χ3v) is 6.63. The fourth-order valence-electron chi connectivity index (χ4n) is 3.75. The van der Waals surface area contributed by atoms with Crippen molar-refractivity contribution in [2.75, 3.05) is 13.1 Å². The normalized spacial score (nSPS) is 20.8. The molecule has 0 radical (unpaired) electrons. The molecule has 0 N–H and O–H groups in total. The summed E-state index contributed by atoms with van der Waals surface area (Å²) in [5.41, 5.74) is 1.31. The molecule has 2 saturated heterocycles. The molecule has 0 aliphatic carbocycles. The summed E-state index contributed by atoms with van der Waals surface area (Å²) in [6.45, 7) is 0.522. The number of thioether (sulfide) groups is 1. The standard InChI is InChI=1S/C22H20FN3O2S2/c23-17-8-2-1-6-15(17)12-19-21(28)26(22(29)30-19)14-20(27)25-11-4-3-9-18(25)16-7-5-10-24-13-16/h1-2,5-8,10,12-13,18H,3-4,9,11,14H2/b19-12+. The average Bonchev–Trinajstić information content (AvgIpc) is 3.03. The van der Waals surface area contributed by atoms with Crippen molar-refractivity contribution in [1.82, 2.24) is 14.8 Å². The highest BCUT2D eigenvalue weighted by molar-refractivity contribution is 8.26. The van der Waals surface area contributed by atoms with Crippen LogP contribution in [-0.4, -0.2) is 44.0 Å². The Morgan fingerprint density at radius 1 is 1.27 bits per heavy atom. The van der Waals surface area contributed by atoms with E-state index in [0.717, 1.165) is 36.6 Å². The first kappa shape index (κ1) is 20.7. The van der Waals surface area contributed by atoms with E-state index in [9.17, 15) is 14.0 Å². The number of benzene rings is 1. The highest BCUT2D eigenvalue weighted by Gasteiger charge is 2.36. The summed E-state index contributed by atoms with van der Waals surface area (Å²) in [6.07, 6.45) is 7.80. The minimum Gasteiger partial charge on any atom is -0.334 e. The molecule has 0 saturated carbocycles. The smallest absolute Gasteiger partial charge is 0.266 e. The second-order valence-corrected chi connectivity index (χ2v) is 8.85. The number of pyridine rings is 1. The van der Waals surface area contributed by atoms with Gasteiger partial charge in [0, 0.05) is 24.5 Å². The molecule has 8 heteroatoms. The van der Waals surface area contributed by atoms with Crippen LogP contribution in [0.15, 0.2) is 53.7 Å². The topological polar surface area (TPSA) is 53.5 Å². The molecule has 2 aromatic rings. The Hall–Kier alpha value is -2.58.